The molecule has 1 heterocycles. The quantitative estimate of drug-likeness (QED) is 0.785. The number of benzene rings is 1. The topological polar surface area (TPSA) is 43.7 Å². The van der Waals surface area contributed by atoms with E-state index in [9.17, 15) is 4.79 Å². The van der Waals surface area contributed by atoms with Crippen molar-refractivity contribution in [2.75, 3.05) is 27.8 Å². The Kier molecular flexibility index (Phi) is 5.63. The number of likely N-dealkylation sites (N-methyl/N-ethyl adjacent to an activating group) is 1. The van der Waals surface area contributed by atoms with Crippen molar-refractivity contribution in [1.29, 1.82) is 0 Å². The van der Waals surface area contributed by atoms with E-state index < -0.39 is 0 Å². The van der Waals surface area contributed by atoms with Crippen molar-refractivity contribution in [2.45, 2.75) is 20.0 Å². The van der Waals surface area contributed by atoms with E-state index in [0.29, 0.717) is 6.54 Å². The van der Waals surface area contributed by atoms with E-state index in [-0.39, 0.29) is 4.87 Å². The second kappa shape index (κ2) is 7.47. The highest BCUT2D eigenvalue weighted by Gasteiger charge is 2.09. The number of hydrogen-bond acceptors (Lipinski definition) is 5. The molecule has 0 atom stereocenters. The first kappa shape index (κ1) is 16.6. The number of ether oxygens (including phenoxy) is 2. The number of hydrogen-bond donors (Lipinski definition) is 0. The van der Waals surface area contributed by atoms with Crippen LogP contribution in [0.2, 0.25) is 0 Å². The normalized spacial score (nSPS) is 11.0. The third-order valence-corrected chi connectivity index (χ3v) is 4.50. The van der Waals surface area contributed by atoms with Gasteiger partial charge in [-0.05, 0) is 20.0 Å². The Morgan fingerprint density at radius 2 is 2.05 bits per heavy atom. The second-order valence-electron chi connectivity index (χ2n) is 5.21. The van der Waals surface area contributed by atoms with Gasteiger partial charge in [0.25, 0.3) is 0 Å². The van der Waals surface area contributed by atoms with Crippen LogP contribution in [0.1, 0.15) is 11.3 Å². The molecule has 0 unspecified atom stereocenters. The minimum absolute atomic E-state index is 0.105. The Bertz CT molecular complexity index is 678. The lowest BCUT2D eigenvalue weighted by molar-refractivity contribution is 0.301. The highest BCUT2D eigenvalue weighted by atomic mass is 32.1. The molecule has 5 nitrogen and oxygen atoms in total. The van der Waals surface area contributed by atoms with E-state index in [1.165, 1.54) is 11.3 Å². The van der Waals surface area contributed by atoms with Gasteiger partial charge in [0.15, 0.2) is 0 Å². The SMILES string of the molecule is COc1ccc(CN(C)CCn2c(C)csc2=O)c(OC)c1. The molecular weight excluding hydrogens is 300 g/mol. The van der Waals surface area contributed by atoms with Crippen LogP contribution in [0.15, 0.2) is 28.4 Å². The first-order valence-corrected chi connectivity index (χ1v) is 7.97. The minimum atomic E-state index is 0.105. The first-order valence-electron chi connectivity index (χ1n) is 7.09. The molecule has 0 aliphatic heterocycles. The van der Waals surface area contributed by atoms with Crippen LogP contribution < -0.4 is 14.3 Å². The smallest absolute Gasteiger partial charge is 0.307 e. The lowest BCUT2D eigenvalue weighted by Gasteiger charge is -2.19. The summed E-state index contributed by atoms with van der Waals surface area (Å²) in [6.45, 7) is 4.21. The van der Waals surface area contributed by atoms with E-state index in [1.807, 2.05) is 42.1 Å². The van der Waals surface area contributed by atoms with Crippen molar-refractivity contribution >= 4 is 11.3 Å². The zero-order valence-electron chi connectivity index (χ0n) is 13.5. The van der Waals surface area contributed by atoms with Gasteiger partial charge in [0.2, 0.25) is 0 Å². The van der Waals surface area contributed by atoms with Crippen LogP contribution in [0, 0.1) is 6.92 Å². The summed E-state index contributed by atoms with van der Waals surface area (Å²) in [5.74, 6) is 1.60. The van der Waals surface area contributed by atoms with E-state index in [2.05, 4.69) is 4.90 Å². The number of aryl methyl sites for hydroxylation is 1. The summed E-state index contributed by atoms with van der Waals surface area (Å²) in [5, 5.41) is 1.90. The Labute approximate surface area is 134 Å². The molecule has 0 bridgehead atoms. The lowest BCUT2D eigenvalue weighted by Crippen LogP contribution is -2.26. The van der Waals surface area contributed by atoms with Crippen LogP contribution in [-0.2, 0) is 13.1 Å². The molecule has 2 aromatic rings. The molecule has 0 radical (unpaired) electrons. The van der Waals surface area contributed by atoms with Crippen molar-refractivity contribution in [1.82, 2.24) is 9.47 Å². The van der Waals surface area contributed by atoms with E-state index in [0.717, 1.165) is 35.8 Å². The molecule has 22 heavy (non-hydrogen) atoms. The predicted octanol–water partition coefficient (Wildman–Crippen LogP) is 2.37. The van der Waals surface area contributed by atoms with Crippen LogP contribution in [0.5, 0.6) is 11.5 Å². The fourth-order valence-electron chi connectivity index (χ4n) is 2.30. The third kappa shape index (κ3) is 3.90. The summed E-state index contributed by atoms with van der Waals surface area (Å²) in [4.78, 5) is 14.0. The number of nitrogens with zero attached hydrogens (tertiary/aromatic N) is 2. The molecular formula is C16H22N2O3S. The molecule has 1 aromatic carbocycles. The fourth-order valence-corrected chi connectivity index (χ4v) is 3.06. The Morgan fingerprint density at radius 3 is 2.64 bits per heavy atom. The molecule has 0 aliphatic rings. The van der Waals surface area contributed by atoms with E-state index in [4.69, 9.17) is 9.47 Å². The largest absolute Gasteiger partial charge is 0.497 e. The lowest BCUT2D eigenvalue weighted by atomic mass is 10.2. The molecule has 120 valence electrons. The van der Waals surface area contributed by atoms with Crippen LogP contribution in [0.4, 0.5) is 0 Å². The number of aromatic nitrogens is 1. The molecule has 0 aliphatic carbocycles. The molecule has 1 aromatic heterocycles. The van der Waals surface area contributed by atoms with Crippen LogP contribution in [0.25, 0.3) is 0 Å². The summed E-state index contributed by atoms with van der Waals surface area (Å²) in [5.41, 5.74) is 2.12. The van der Waals surface area contributed by atoms with Crippen LogP contribution in [-0.4, -0.2) is 37.3 Å². The maximum atomic E-state index is 11.7. The number of rotatable bonds is 7. The van der Waals surface area contributed by atoms with Gasteiger partial charge < -0.3 is 18.9 Å². The van der Waals surface area contributed by atoms with Gasteiger partial charge in [-0.25, -0.2) is 0 Å². The van der Waals surface area contributed by atoms with Crippen molar-refractivity contribution in [3.63, 3.8) is 0 Å². The van der Waals surface area contributed by atoms with E-state index in [1.54, 1.807) is 14.2 Å². The monoisotopic (exact) mass is 322 g/mol. The van der Waals surface area contributed by atoms with Gasteiger partial charge in [-0.15, -0.1) is 0 Å². The zero-order valence-corrected chi connectivity index (χ0v) is 14.3. The molecule has 0 saturated carbocycles. The number of methoxy groups -OCH3 is 2. The van der Waals surface area contributed by atoms with Crippen molar-refractivity contribution < 1.29 is 9.47 Å². The second-order valence-corrected chi connectivity index (χ2v) is 6.03. The van der Waals surface area contributed by atoms with Gasteiger partial charge in [-0.3, -0.25) is 4.79 Å². The Hall–Kier alpha value is -1.79. The van der Waals surface area contributed by atoms with Crippen molar-refractivity contribution in [3.8, 4) is 11.5 Å². The summed E-state index contributed by atoms with van der Waals surface area (Å²) < 4.78 is 12.4. The maximum absolute atomic E-state index is 11.7. The molecule has 0 saturated heterocycles. The van der Waals surface area contributed by atoms with Gasteiger partial charge >= 0.3 is 4.87 Å². The van der Waals surface area contributed by atoms with Gasteiger partial charge in [0, 0.05) is 42.3 Å². The molecule has 0 spiro atoms. The van der Waals surface area contributed by atoms with Crippen LogP contribution >= 0.6 is 11.3 Å². The summed E-state index contributed by atoms with van der Waals surface area (Å²) >= 11 is 1.25. The highest BCUT2D eigenvalue weighted by Crippen LogP contribution is 2.25. The van der Waals surface area contributed by atoms with Gasteiger partial charge in [-0.1, -0.05) is 17.4 Å². The summed E-state index contributed by atoms with van der Waals surface area (Å²) in [7, 11) is 5.34. The van der Waals surface area contributed by atoms with E-state index >= 15 is 0 Å². The third-order valence-electron chi connectivity index (χ3n) is 3.62. The van der Waals surface area contributed by atoms with Crippen molar-refractivity contribution in [3.05, 3.63) is 44.5 Å². The minimum Gasteiger partial charge on any atom is -0.497 e. The average Bonchev–Trinajstić information content (AvgIpc) is 2.84. The Balaban J connectivity index is 2.00. The molecule has 0 amide bonds. The van der Waals surface area contributed by atoms with Crippen LogP contribution in [0.3, 0.4) is 0 Å². The molecule has 0 N–H and O–H groups in total. The van der Waals surface area contributed by atoms with Crippen molar-refractivity contribution in [2.24, 2.45) is 0 Å². The summed E-state index contributed by atoms with van der Waals surface area (Å²) in [6, 6.07) is 5.83. The zero-order chi connectivity index (χ0) is 16.1. The first-order chi connectivity index (χ1) is 10.5. The van der Waals surface area contributed by atoms with Gasteiger partial charge in [0.1, 0.15) is 11.5 Å². The Morgan fingerprint density at radius 1 is 1.27 bits per heavy atom. The molecule has 0 fully saturated rings. The molecule has 6 heteroatoms. The summed E-state index contributed by atoms with van der Waals surface area (Å²) in [6.07, 6.45) is 0. The highest BCUT2D eigenvalue weighted by molar-refractivity contribution is 7.07. The maximum Gasteiger partial charge on any atom is 0.307 e. The predicted molar refractivity (Wildman–Crippen MR) is 89.2 cm³/mol. The average molecular weight is 322 g/mol. The fraction of sp³-hybridized carbons (Fsp3) is 0.438. The van der Waals surface area contributed by atoms with Gasteiger partial charge in [-0.2, -0.15) is 0 Å². The molecule has 2 rings (SSSR count). The number of thiazole rings is 1. The van der Waals surface area contributed by atoms with Gasteiger partial charge in [0.05, 0.1) is 14.2 Å². The standard InChI is InChI=1S/C16H22N2O3S/c1-12-11-22-16(19)18(12)8-7-17(2)10-13-5-6-14(20-3)9-15(13)21-4/h5-6,9,11H,7-8,10H2,1-4H3.